The summed E-state index contributed by atoms with van der Waals surface area (Å²) in [5, 5.41) is 10.3. The fraction of sp³-hybridized carbons (Fsp3) is 0.469. The monoisotopic (exact) mass is 685 g/mol. The van der Waals surface area contributed by atoms with Gasteiger partial charge in [0.2, 0.25) is 10.0 Å². The highest BCUT2D eigenvalue weighted by Crippen LogP contribution is 2.47. The minimum absolute atomic E-state index is 0.327. The summed E-state index contributed by atoms with van der Waals surface area (Å²) < 4.78 is 33.3. The summed E-state index contributed by atoms with van der Waals surface area (Å²) in [7, 11) is -3.70. The molecule has 2 aromatic carbocycles. The predicted octanol–water partition coefficient (Wildman–Crippen LogP) is 7.04. The summed E-state index contributed by atoms with van der Waals surface area (Å²) in [5.74, 6) is 0.749. The first-order valence-electron chi connectivity index (χ1n) is 15.5. The van der Waals surface area contributed by atoms with Gasteiger partial charge in [-0.25, -0.2) is 18.1 Å². The zero-order valence-electron chi connectivity index (χ0n) is 24.7. The van der Waals surface area contributed by atoms with E-state index in [1.165, 1.54) is 0 Å². The van der Waals surface area contributed by atoms with Crippen molar-refractivity contribution in [2.75, 3.05) is 4.90 Å². The number of thiazole rings is 1. The number of nitrogens with zero attached hydrogens (tertiary/aromatic N) is 3. The highest BCUT2D eigenvalue weighted by Gasteiger charge is 2.51. The van der Waals surface area contributed by atoms with E-state index in [1.54, 1.807) is 30.4 Å². The Morgan fingerprint density at radius 1 is 1.09 bits per heavy atom. The van der Waals surface area contributed by atoms with E-state index in [4.69, 9.17) is 32.7 Å². The van der Waals surface area contributed by atoms with Gasteiger partial charge in [0.1, 0.15) is 11.5 Å². The van der Waals surface area contributed by atoms with Crippen molar-refractivity contribution in [2.24, 2.45) is 0 Å². The van der Waals surface area contributed by atoms with E-state index in [0.29, 0.717) is 59.0 Å². The molecule has 2 saturated heterocycles. The Hall–Kier alpha value is -2.70. The molecule has 236 valence electrons. The van der Waals surface area contributed by atoms with Crippen LogP contribution in [0, 0.1) is 0 Å². The Bertz CT molecular complexity index is 1900. The third-order valence-corrected chi connectivity index (χ3v) is 13.8. The smallest absolute Gasteiger partial charge is 0.264 e. The Balaban J connectivity index is 0.974. The molecular formula is C32H33Cl2N5O4S2. The first kappa shape index (κ1) is 29.7. The molecule has 2 unspecified atom stereocenters. The van der Waals surface area contributed by atoms with Gasteiger partial charge in [0.25, 0.3) is 5.91 Å². The van der Waals surface area contributed by atoms with Crippen LogP contribution in [-0.2, 0) is 16.6 Å². The van der Waals surface area contributed by atoms with Gasteiger partial charge in [-0.15, -0.1) is 0 Å². The number of piperidine rings is 1. The number of rotatable bonds is 9. The van der Waals surface area contributed by atoms with E-state index in [2.05, 4.69) is 20.1 Å². The van der Waals surface area contributed by atoms with Crippen molar-refractivity contribution in [1.82, 2.24) is 20.2 Å². The second-order valence-electron chi connectivity index (χ2n) is 13.1. The van der Waals surface area contributed by atoms with Crippen LogP contribution in [0.2, 0.25) is 10.0 Å². The number of hydrogen-bond acceptors (Lipinski definition) is 9. The molecule has 45 heavy (non-hydrogen) atoms. The number of aromatic nitrogens is 2. The van der Waals surface area contributed by atoms with E-state index in [-0.39, 0.29) is 0 Å². The number of hydrogen-bond donors (Lipinski definition) is 2. The number of sulfonamides is 1. The lowest BCUT2D eigenvalue weighted by atomic mass is 9.97. The van der Waals surface area contributed by atoms with Crippen LogP contribution in [0.15, 0.2) is 40.9 Å². The lowest BCUT2D eigenvalue weighted by molar-refractivity contribution is 0.0981. The summed E-state index contributed by atoms with van der Waals surface area (Å²) in [6.45, 7) is 2.31. The van der Waals surface area contributed by atoms with Gasteiger partial charge in [-0.3, -0.25) is 4.79 Å². The van der Waals surface area contributed by atoms with E-state index in [0.717, 1.165) is 76.5 Å². The molecule has 1 amide bonds. The molecule has 2 aliphatic carbocycles. The van der Waals surface area contributed by atoms with Crippen molar-refractivity contribution in [3.63, 3.8) is 0 Å². The summed E-state index contributed by atoms with van der Waals surface area (Å²) in [6.07, 6.45) is 7.53. The zero-order valence-corrected chi connectivity index (χ0v) is 27.8. The number of fused-ring (bicyclic) bond motifs is 3. The number of halogens is 2. The lowest BCUT2D eigenvalue weighted by Gasteiger charge is -2.39. The molecule has 4 aromatic rings. The Kier molecular flexibility index (Phi) is 7.22. The summed E-state index contributed by atoms with van der Waals surface area (Å²) >= 11 is 14.7. The van der Waals surface area contributed by atoms with Crippen LogP contribution >= 0.6 is 34.5 Å². The maximum absolute atomic E-state index is 12.8. The molecule has 2 bridgehead atoms. The van der Waals surface area contributed by atoms with Gasteiger partial charge in [0.05, 0.1) is 25.0 Å². The van der Waals surface area contributed by atoms with Crippen molar-refractivity contribution in [3.05, 3.63) is 63.3 Å². The normalized spacial score (nSPS) is 23.9. The average molecular weight is 687 g/mol. The summed E-state index contributed by atoms with van der Waals surface area (Å²) in [4.78, 5) is 20.2. The van der Waals surface area contributed by atoms with E-state index < -0.39 is 20.7 Å². The molecule has 4 heterocycles. The third kappa shape index (κ3) is 5.34. The maximum atomic E-state index is 12.8. The number of benzene rings is 2. The standard InChI is InChI=1S/C32H33Cl2N5O4S2/c1-32(11-12-32)45(41,42)38-30(40)18-7-10-25-26(13-18)44-31(36-25)39-20-8-9-21(39)15-19(14-20)35-16-22-28(37-43-29(22)17-5-6-17)27-23(33)3-2-4-24(27)34/h2-4,7,10,13,17,19-21,35H,5-6,8-9,11-12,14-16H2,1H3,(H,38,40). The molecule has 9 nitrogen and oxygen atoms in total. The average Bonchev–Trinajstić information content (AvgIpc) is 3.88. The number of nitrogens with one attached hydrogen (secondary N) is 2. The minimum atomic E-state index is -3.70. The highest BCUT2D eigenvalue weighted by molar-refractivity contribution is 7.91. The van der Waals surface area contributed by atoms with Gasteiger partial charge in [-0.05, 0) is 88.6 Å². The zero-order chi connectivity index (χ0) is 31.1. The van der Waals surface area contributed by atoms with Crippen LogP contribution in [0.4, 0.5) is 5.13 Å². The molecule has 4 fully saturated rings. The molecule has 2 aliphatic heterocycles. The Morgan fingerprint density at radius 2 is 1.80 bits per heavy atom. The molecular weight excluding hydrogens is 653 g/mol. The number of amides is 1. The largest absolute Gasteiger partial charge is 0.360 e. The second-order valence-corrected chi connectivity index (χ2v) is 17.2. The second kappa shape index (κ2) is 10.9. The van der Waals surface area contributed by atoms with E-state index in [1.807, 2.05) is 24.3 Å². The first-order valence-corrected chi connectivity index (χ1v) is 18.6. The maximum Gasteiger partial charge on any atom is 0.264 e. The molecule has 2 saturated carbocycles. The van der Waals surface area contributed by atoms with Crippen LogP contribution < -0.4 is 14.9 Å². The van der Waals surface area contributed by atoms with E-state index in [9.17, 15) is 13.2 Å². The fourth-order valence-electron chi connectivity index (χ4n) is 6.90. The van der Waals surface area contributed by atoms with Crippen LogP contribution in [0.25, 0.3) is 21.5 Å². The lowest BCUT2D eigenvalue weighted by Crippen LogP contribution is -2.49. The van der Waals surface area contributed by atoms with Crippen LogP contribution in [-0.4, -0.2) is 47.3 Å². The van der Waals surface area contributed by atoms with Gasteiger partial charge in [-0.2, -0.15) is 0 Å². The van der Waals surface area contributed by atoms with Crippen molar-refractivity contribution >= 4 is 65.8 Å². The molecule has 8 rings (SSSR count). The SMILES string of the molecule is CC1(S(=O)(=O)NC(=O)c2ccc3nc(N4C5CCC4CC(NCc4c(-c6c(Cl)cccc6Cl)noc4C4CC4)C5)sc3c2)CC1. The minimum Gasteiger partial charge on any atom is -0.360 e. The van der Waals surface area contributed by atoms with Gasteiger partial charge >= 0.3 is 0 Å². The van der Waals surface area contributed by atoms with Gasteiger partial charge in [0, 0.05) is 47.3 Å². The van der Waals surface area contributed by atoms with Crippen LogP contribution in [0.5, 0.6) is 0 Å². The molecule has 4 aliphatic rings. The van der Waals surface area contributed by atoms with Crippen LogP contribution in [0.3, 0.4) is 0 Å². The molecule has 13 heteroatoms. The van der Waals surface area contributed by atoms with Crippen molar-refractivity contribution in [3.8, 4) is 11.3 Å². The highest BCUT2D eigenvalue weighted by atomic mass is 35.5. The quantitative estimate of drug-likeness (QED) is 0.193. The van der Waals surface area contributed by atoms with E-state index >= 15 is 0 Å². The predicted molar refractivity (Wildman–Crippen MR) is 177 cm³/mol. The first-order chi connectivity index (χ1) is 21.6. The fourth-order valence-corrected chi connectivity index (χ4v) is 9.87. The Morgan fingerprint density at radius 3 is 2.47 bits per heavy atom. The van der Waals surface area contributed by atoms with Gasteiger partial charge in [0.15, 0.2) is 5.13 Å². The topological polar surface area (TPSA) is 117 Å². The van der Waals surface area contributed by atoms with Crippen molar-refractivity contribution < 1.29 is 17.7 Å². The molecule has 0 radical (unpaired) electrons. The van der Waals surface area contributed by atoms with Gasteiger partial charge < -0.3 is 14.7 Å². The van der Waals surface area contributed by atoms with Gasteiger partial charge in [-0.1, -0.05) is 45.8 Å². The van der Waals surface area contributed by atoms with Crippen molar-refractivity contribution in [1.29, 1.82) is 0 Å². The molecule has 2 N–H and O–H groups in total. The molecule has 0 spiro atoms. The molecule has 2 atom stereocenters. The van der Waals surface area contributed by atoms with Crippen LogP contribution in [0.1, 0.15) is 85.9 Å². The summed E-state index contributed by atoms with van der Waals surface area (Å²) in [5.41, 5.74) is 3.63. The summed E-state index contributed by atoms with van der Waals surface area (Å²) in [6, 6.07) is 11.8. The number of carbonyl (C=O) groups excluding carboxylic acids is 1. The molecule has 2 aromatic heterocycles. The number of anilines is 1. The Labute approximate surface area is 275 Å². The van der Waals surface area contributed by atoms with Crippen molar-refractivity contribution in [2.45, 2.75) is 93.6 Å². The third-order valence-electron chi connectivity index (χ3n) is 9.96. The number of carbonyl (C=O) groups is 1.